The molecule has 1 aromatic carbocycles. The lowest BCUT2D eigenvalue weighted by Crippen LogP contribution is -2.44. The topological polar surface area (TPSA) is 83.5 Å². The van der Waals surface area contributed by atoms with Crippen molar-refractivity contribution in [3.05, 3.63) is 71.4 Å². The van der Waals surface area contributed by atoms with Crippen LogP contribution in [0.25, 0.3) is 10.2 Å². The normalized spacial score (nSPS) is 15.5. The molecule has 1 aliphatic rings. The van der Waals surface area contributed by atoms with Crippen LogP contribution in [0.3, 0.4) is 0 Å². The molecule has 5 rings (SSSR count). The third-order valence-electron chi connectivity index (χ3n) is 6.33. The van der Waals surface area contributed by atoms with Gasteiger partial charge in [0.05, 0.1) is 16.8 Å². The van der Waals surface area contributed by atoms with Crippen LogP contribution in [-0.2, 0) is 27.8 Å². The number of aromatic nitrogens is 2. The van der Waals surface area contributed by atoms with Crippen molar-refractivity contribution in [2.24, 2.45) is 5.92 Å². The Labute approximate surface area is 213 Å². The zero-order chi connectivity index (χ0) is 24.4. The molecule has 1 amide bonds. The fourth-order valence-corrected chi connectivity index (χ4v) is 7.95. The highest BCUT2D eigenvalue weighted by Crippen LogP contribution is 2.34. The first-order valence-corrected chi connectivity index (χ1v) is 14.7. The first-order chi connectivity index (χ1) is 17.0. The van der Waals surface area contributed by atoms with E-state index in [1.807, 2.05) is 18.2 Å². The molecule has 0 unspecified atom stereocenters. The standard InChI is InChI=1S/C25H26N4O3S3/c1-2-18-5-6-21-22(16-18)34-25(27-21)29(17-19-7-11-26-12-8-19)24(30)20-9-13-28(14-10-20)35(31,32)23-4-3-15-33-23/h3-8,11-12,15-16,20H,2,9-10,13-14,17H2,1H3. The van der Waals surface area contributed by atoms with Gasteiger partial charge in [0.25, 0.3) is 10.0 Å². The van der Waals surface area contributed by atoms with Crippen molar-refractivity contribution in [3.8, 4) is 0 Å². The molecule has 7 nitrogen and oxygen atoms in total. The molecule has 0 bridgehead atoms. The Morgan fingerprint density at radius 3 is 2.57 bits per heavy atom. The molecular weight excluding hydrogens is 501 g/mol. The van der Waals surface area contributed by atoms with Gasteiger partial charge in [0, 0.05) is 31.4 Å². The minimum absolute atomic E-state index is 0.00949. The van der Waals surface area contributed by atoms with Gasteiger partial charge in [-0.1, -0.05) is 30.4 Å². The molecule has 0 atom stereocenters. The lowest BCUT2D eigenvalue weighted by atomic mass is 9.96. The maximum Gasteiger partial charge on any atom is 0.252 e. The minimum Gasteiger partial charge on any atom is -0.283 e. The third-order valence-corrected chi connectivity index (χ3v) is 10.6. The lowest BCUT2D eigenvalue weighted by Gasteiger charge is -2.32. The van der Waals surface area contributed by atoms with E-state index in [1.165, 1.54) is 32.5 Å². The lowest BCUT2D eigenvalue weighted by molar-refractivity contribution is -0.123. The summed E-state index contributed by atoms with van der Waals surface area (Å²) in [4.78, 5) is 24.4. The molecular formula is C25H26N4O3S3. The maximum atomic E-state index is 13.8. The number of piperidine rings is 1. The Morgan fingerprint density at radius 1 is 1.11 bits per heavy atom. The summed E-state index contributed by atoms with van der Waals surface area (Å²) < 4.78 is 28.7. The van der Waals surface area contributed by atoms with Crippen LogP contribution < -0.4 is 4.90 Å². The van der Waals surface area contributed by atoms with Crippen molar-refractivity contribution < 1.29 is 13.2 Å². The number of thiophene rings is 1. The average Bonchev–Trinajstić information content (AvgIpc) is 3.58. The second-order valence-corrected chi connectivity index (χ2v) is 12.7. The number of carbonyl (C=O) groups excluding carboxylic acids is 1. The second-order valence-electron chi connectivity index (χ2n) is 8.54. The number of benzene rings is 1. The summed E-state index contributed by atoms with van der Waals surface area (Å²) in [6.45, 7) is 3.18. The number of fused-ring (bicyclic) bond motifs is 1. The van der Waals surface area contributed by atoms with E-state index in [9.17, 15) is 13.2 Å². The van der Waals surface area contributed by atoms with Crippen molar-refractivity contribution in [1.29, 1.82) is 0 Å². The van der Waals surface area contributed by atoms with E-state index in [4.69, 9.17) is 4.98 Å². The van der Waals surface area contributed by atoms with Crippen LogP contribution in [0.4, 0.5) is 5.13 Å². The molecule has 1 fully saturated rings. The van der Waals surface area contributed by atoms with Crippen LogP contribution >= 0.6 is 22.7 Å². The zero-order valence-corrected chi connectivity index (χ0v) is 21.8. The number of hydrogen-bond acceptors (Lipinski definition) is 7. The first-order valence-electron chi connectivity index (χ1n) is 11.6. The Kier molecular flexibility index (Phi) is 6.97. The van der Waals surface area contributed by atoms with Gasteiger partial charge < -0.3 is 0 Å². The largest absolute Gasteiger partial charge is 0.283 e. The second kappa shape index (κ2) is 10.1. The minimum atomic E-state index is -3.50. The summed E-state index contributed by atoms with van der Waals surface area (Å²) in [5.74, 6) is -0.269. The van der Waals surface area contributed by atoms with E-state index in [0.29, 0.717) is 41.8 Å². The van der Waals surface area contributed by atoms with E-state index in [1.54, 1.807) is 34.8 Å². The van der Waals surface area contributed by atoms with Crippen molar-refractivity contribution in [1.82, 2.24) is 14.3 Å². The predicted octanol–water partition coefficient (Wildman–Crippen LogP) is 4.95. The molecule has 10 heteroatoms. The molecule has 0 spiro atoms. The molecule has 0 radical (unpaired) electrons. The van der Waals surface area contributed by atoms with E-state index in [0.717, 1.165) is 22.2 Å². The smallest absolute Gasteiger partial charge is 0.252 e. The molecule has 0 N–H and O–H groups in total. The number of rotatable bonds is 7. The number of sulfonamides is 1. The van der Waals surface area contributed by atoms with Gasteiger partial charge in [0.15, 0.2) is 5.13 Å². The maximum absolute atomic E-state index is 13.8. The Morgan fingerprint density at radius 2 is 1.89 bits per heavy atom. The predicted molar refractivity (Wildman–Crippen MR) is 140 cm³/mol. The van der Waals surface area contributed by atoms with Crippen LogP contribution in [0.15, 0.2) is 64.4 Å². The zero-order valence-electron chi connectivity index (χ0n) is 19.3. The average molecular weight is 527 g/mol. The summed E-state index contributed by atoms with van der Waals surface area (Å²) in [5, 5.41) is 2.44. The molecule has 182 valence electrons. The monoisotopic (exact) mass is 526 g/mol. The third kappa shape index (κ3) is 5.02. The van der Waals surface area contributed by atoms with Gasteiger partial charge in [0.1, 0.15) is 4.21 Å². The van der Waals surface area contributed by atoms with Crippen molar-refractivity contribution in [2.75, 3.05) is 18.0 Å². The summed E-state index contributed by atoms with van der Waals surface area (Å²) in [5.41, 5.74) is 3.09. The Balaban J connectivity index is 1.39. The molecule has 0 aliphatic carbocycles. The molecule has 4 heterocycles. The van der Waals surface area contributed by atoms with E-state index in [2.05, 4.69) is 24.0 Å². The van der Waals surface area contributed by atoms with Crippen LogP contribution in [-0.4, -0.2) is 41.7 Å². The van der Waals surface area contributed by atoms with Crippen LogP contribution in [0, 0.1) is 5.92 Å². The number of aryl methyl sites for hydroxylation is 1. The number of thiazole rings is 1. The molecule has 3 aromatic heterocycles. The summed E-state index contributed by atoms with van der Waals surface area (Å²) in [6.07, 6.45) is 5.35. The van der Waals surface area contributed by atoms with Crippen molar-refractivity contribution in [3.63, 3.8) is 0 Å². The van der Waals surface area contributed by atoms with Gasteiger partial charge in [-0.25, -0.2) is 13.4 Å². The highest BCUT2D eigenvalue weighted by atomic mass is 32.2. The van der Waals surface area contributed by atoms with E-state index >= 15 is 0 Å². The number of carbonyl (C=O) groups is 1. The fraction of sp³-hybridized carbons (Fsp3) is 0.320. The summed E-state index contributed by atoms with van der Waals surface area (Å²) in [7, 11) is -3.50. The number of anilines is 1. The molecule has 1 aliphatic heterocycles. The summed E-state index contributed by atoms with van der Waals surface area (Å²) >= 11 is 2.74. The van der Waals surface area contributed by atoms with E-state index in [-0.39, 0.29) is 11.8 Å². The van der Waals surface area contributed by atoms with Gasteiger partial charge in [0.2, 0.25) is 5.91 Å². The SMILES string of the molecule is CCc1ccc2nc(N(Cc3ccncc3)C(=O)C3CCN(S(=O)(=O)c4cccs4)CC3)sc2c1. The highest BCUT2D eigenvalue weighted by Gasteiger charge is 2.35. The number of nitrogens with zero attached hydrogens (tertiary/aromatic N) is 4. The van der Waals surface area contributed by atoms with Crippen molar-refractivity contribution in [2.45, 2.75) is 36.9 Å². The van der Waals surface area contributed by atoms with Crippen molar-refractivity contribution >= 4 is 54.0 Å². The summed E-state index contributed by atoms with van der Waals surface area (Å²) in [6, 6.07) is 13.4. The molecule has 35 heavy (non-hydrogen) atoms. The molecule has 0 saturated carbocycles. The van der Waals surface area contributed by atoms with E-state index < -0.39 is 10.0 Å². The highest BCUT2D eigenvalue weighted by molar-refractivity contribution is 7.91. The van der Waals surface area contributed by atoms with Gasteiger partial charge >= 0.3 is 0 Å². The van der Waals surface area contributed by atoms with Crippen LogP contribution in [0.2, 0.25) is 0 Å². The Hall–Kier alpha value is -2.66. The van der Waals surface area contributed by atoms with Crippen LogP contribution in [0.1, 0.15) is 30.9 Å². The first kappa shape index (κ1) is 24.1. The quantitative estimate of drug-likeness (QED) is 0.340. The van der Waals surface area contributed by atoms with Crippen LogP contribution in [0.5, 0.6) is 0 Å². The number of amides is 1. The van der Waals surface area contributed by atoms with Gasteiger partial charge in [-0.2, -0.15) is 4.31 Å². The Bertz CT molecular complexity index is 1410. The molecule has 1 saturated heterocycles. The molecule has 4 aromatic rings. The van der Waals surface area contributed by atoms with Gasteiger partial charge in [-0.15, -0.1) is 11.3 Å². The van der Waals surface area contributed by atoms with Gasteiger partial charge in [-0.05, 0) is 66.1 Å². The fourth-order valence-electron chi connectivity index (χ4n) is 4.30. The number of hydrogen-bond donors (Lipinski definition) is 0. The number of pyridine rings is 1. The van der Waals surface area contributed by atoms with Gasteiger partial charge in [-0.3, -0.25) is 14.7 Å².